The van der Waals surface area contributed by atoms with Gasteiger partial charge in [0, 0.05) is 26.3 Å². The molecular formula is C20H21ClN2O5S. The van der Waals surface area contributed by atoms with Gasteiger partial charge in [0.05, 0.1) is 15.5 Å². The first-order valence-corrected chi connectivity index (χ1v) is 10.8. The molecule has 2 aromatic rings. The van der Waals surface area contributed by atoms with Crippen molar-refractivity contribution in [1.29, 1.82) is 0 Å². The predicted molar refractivity (Wildman–Crippen MR) is 110 cm³/mol. The zero-order chi connectivity index (χ0) is 21.3. The molecule has 0 saturated carbocycles. The third-order valence-electron chi connectivity index (χ3n) is 4.72. The first kappa shape index (κ1) is 21.3. The Bertz CT molecular complexity index is 1070. The number of nitrogens with zero attached hydrogens (tertiary/aromatic N) is 2. The van der Waals surface area contributed by atoms with Crippen LogP contribution in [0.4, 0.5) is 5.69 Å². The number of halogens is 1. The van der Waals surface area contributed by atoms with Crippen LogP contribution in [0.25, 0.3) is 0 Å². The summed E-state index contributed by atoms with van der Waals surface area (Å²) in [6.45, 7) is 1.99. The number of hydrogen-bond acceptors (Lipinski definition) is 5. The molecule has 0 bridgehead atoms. The SMILES string of the molecule is C[C@@H](OC(=O)c1cc(S(=O)(=O)N(C)C)ccc1Cl)C(=O)N1CCc2ccccc21. The number of rotatable bonds is 5. The van der Waals surface area contributed by atoms with Gasteiger partial charge in [0.2, 0.25) is 10.0 Å². The molecule has 0 aliphatic carbocycles. The van der Waals surface area contributed by atoms with E-state index in [0.717, 1.165) is 28.0 Å². The second kappa shape index (κ2) is 8.14. The van der Waals surface area contributed by atoms with E-state index < -0.39 is 22.1 Å². The lowest BCUT2D eigenvalue weighted by Crippen LogP contribution is -2.39. The van der Waals surface area contributed by atoms with Gasteiger partial charge in [-0.1, -0.05) is 29.8 Å². The molecule has 29 heavy (non-hydrogen) atoms. The number of fused-ring (bicyclic) bond motifs is 1. The van der Waals surface area contributed by atoms with Gasteiger partial charge >= 0.3 is 5.97 Å². The van der Waals surface area contributed by atoms with Crippen molar-refractivity contribution in [3.8, 4) is 0 Å². The molecule has 0 spiro atoms. The van der Waals surface area contributed by atoms with E-state index in [1.165, 1.54) is 33.2 Å². The monoisotopic (exact) mass is 436 g/mol. The van der Waals surface area contributed by atoms with E-state index in [0.29, 0.717) is 6.54 Å². The Morgan fingerprint density at radius 3 is 2.55 bits per heavy atom. The molecule has 1 heterocycles. The van der Waals surface area contributed by atoms with Crippen LogP contribution in [0.5, 0.6) is 0 Å². The molecule has 0 saturated heterocycles. The van der Waals surface area contributed by atoms with Gasteiger partial charge in [0.25, 0.3) is 5.91 Å². The second-order valence-corrected chi connectivity index (χ2v) is 9.40. The summed E-state index contributed by atoms with van der Waals surface area (Å²) in [5, 5.41) is 0.0406. The van der Waals surface area contributed by atoms with E-state index in [1.807, 2.05) is 24.3 Å². The summed E-state index contributed by atoms with van der Waals surface area (Å²) in [7, 11) is -0.978. The molecule has 0 N–H and O–H groups in total. The minimum atomic E-state index is -3.75. The first-order valence-electron chi connectivity index (χ1n) is 8.95. The number of esters is 1. The molecule has 1 aliphatic heterocycles. The number of anilines is 1. The number of amides is 1. The number of hydrogen-bond donors (Lipinski definition) is 0. The topological polar surface area (TPSA) is 84.0 Å². The van der Waals surface area contributed by atoms with Crippen LogP contribution in [0.1, 0.15) is 22.8 Å². The van der Waals surface area contributed by atoms with Crippen molar-refractivity contribution >= 4 is 39.2 Å². The van der Waals surface area contributed by atoms with E-state index >= 15 is 0 Å². The average Bonchev–Trinajstić information content (AvgIpc) is 3.11. The van der Waals surface area contributed by atoms with Crippen LogP contribution in [-0.4, -0.2) is 51.3 Å². The van der Waals surface area contributed by atoms with Crippen LogP contribution < -0.4 is 4.90 Å². The van der Waals surface area contributed by atoms with Crippen molar-refractivity contribution in [3.05, 3.63) is 58.6 Å². The van der Waals surface area contributed by atoms with E-state index in [-0.39, 0.29) is 21.4 Å². The quantitative estimate of drug-likeness (QED) is 0.673. The lowest BCUT2D eigenvalue weighted by Gasteiger charge is -2.22. The summed E-state index contributed by atoms with van der Waals surface area (Å²) in [4.78, 5) is 26.9. The third-order valence-corrected chi connectivity index (χ3v) is 6.86. The van der Waals surface area contributed by atoms with Crippen molar-refractivity contribution in [2.45, 2.75) is 24.3 Å². The highest BCUT2D eigenvalue weighted by Crippen LogP contribution is 2.29. The van der Waals surface area contributed by atoms with Crippen molar-refractivity contribution < 1.29 is 22.7 Å². The largest absolute Gasteiger partial charge is 0.449 e. The van der Waals surface area contributed by atoms with Crippen molar-refractivity contribution in [2.24, 2.45) is 0 Å². The highest BCUT2D eigenvalue weighted by molar-refractivity contribution is 7.89. The van der Waals surface area contributed by atoms with E-state index in [4.69, 9.17) is 16.3 Å². The van der Waals surface area contributed by atoms with Gasteiger partial charge in [-0.2, -0.15) is 0 Å². The zero-order valence-electron chi connectivity index (χ0n) is 16.3. The van der Waals surface area contributed by atoms with Crippen molar-refractivity contribution in [3.63, 3.8) is 0 Å². The molecule has 154 valence electrons. The van der Waals surface area contributed by atoms with Gasteiger partial charge in [0.15, 0.2) is 6.10 Å². The normalized spacial score (nSPS) is 14.6. The lowest BCUT2D eigenvalue weighted by molar-refractivity contribution is -0.126. The van der Waals surface area contributed by atoms with Crippen molar-refractivity contribution in [2.75, 3.05) is 25.5 Å². The smallest absolute Gasteiger partial charge is 0.340 e. The maximum absolute atomic E-state index is 12.8. The fraction of sp³-hybridized carbons (Fsp3) is 0.300. The van der Waals surface area contributed by atoms with Crippen LogP contribution in [0.2, 0.25) is 5.02 Å². The predicted octanol–water partition coefficient (Wildman–Crippen LogP) is 2.72. The van der Waals surface area contributed by atoms with E-state index in [2.05, 4.69) is 0 Å². The summed E-state index contributed by atoms with van der Waals surface area (Å²) in [5.74, 6) is -1.21. The second-order valence-electron chi connectivity index (χ2n) is 6.85. The number of carbonyl (C=O) groups excluding carboxylic acids is 2. The number of ether oxygens (including phenoxy) is 1. The number of carbonyl (C=O) groups is 2. The molecule has 0 fully saturated rings. The zero-order valence-corrected chi connectivity index (χ0v) is 17.8. The summed E-state index contributed by atoms with van der Waals surface area (Å²) in [6.07, 6.45) is -0.322. The summed E-state index contributed by atoms with van der Waals surface area (Å²) in [5.41, 5.74) is 1.75. The Labute approximate surface area is 174 Å². The molecule has 0 radical (unpaired) electrons. The van der Waals surface area contributed by atoms with Crippen LogP contribution >= 0.6 is 11.6 Å². The minimum absolute atomic E-state index is 0.0406. The molecule has 0 unspecified atom stereocenters. The summed E-state index contributed by atoms with van der Waals surface area (Å²) < 4.78 is 31.0. The summed E-state index contributed by atoms with van der Waals surface area (Å²) >= 11 is 6.07. The van der Waals surface area contributed by atoms with E-state index in [1.54, 1.807) is 4.90 Å². The number of sulfonamides is 1. The average molecular weight is 437 g/mol. The molecule has 2 aromatic carbocycles. The Morgan fingerprint density at radius 1 is 1.17 bits per heavy atom. The highest BCUT2D eigenvalue weighted by atomic mass is 35.5. The van der Waals surface area contributed by atoms with Gasteiger partial charge in [-0.25, -0.2) is 17.5 Å². The van der Waals surface area contributed by atoms with Gasteiger partial charge in [-0.15, -0.1) is 0 Å². The fourth-order valence-corrected chi connectivity index (χ4v) is 4.22. The van der Waals surface area contributed by atoms with Gasteiger partial charge < -0.3 is 9.64 Å². The number of para-hydroxylation sites is 1. The van der Waals surface area contributed by atoms with Gasteiger partial charge in [-0.3, -0.25) is 4.79 Å². The first-order chi connectivity index (χ1) is 13.6. The summed E-state index contributed by atoms with van der Waals surface area (Å²) in [6, 6.07) is 11.3. The van der Waals surface area contributed by atoms with Crippen LogP contribution in [0.15, 0.2) is 47.4 Å². The number of benzene rings is 2. The molecule has 1 atom stereocenters. The van der Waals surface area contributed by atoms with E-state index in [9.17, 15) is 18.0 Å². The van der Waals surface area contributed by atoms with Crippen molar-refractivity contribution in [1.82, 2.24) is 4.31 Å². The van der Waals surface area contributed by atoms with Gasteiger partial charge in [0.1, 0.15) is 0 Å². The van der Waals surface area contributed by atoms with Crippen LogP contribution in [0, 0.1) is 0 Å². The molecule has 7 nitrogen and oxygen atoms in total. The minimum Gasteiger partial charge on any atom is -0.449 e. The molecule has 1 aliphatic rings. The Hall–Kier alpha value is -2.42. The standard InChI is InChI=1S/C20H21ClN2O5S/c1-13(19(24)23-11-10-14-6-4-5-7-18(14)23)28-20(25)16-12-15(8-9-17(16)21)29(26,27)22(2)3/h4-9,12-13H,10-11H2,1-3H3/t13-/m1/s1. The van der Waals surface area contributed by atoms with Crippen LogP contribution in [-0.2, 0) is 26.0 Å². The molecule has 0 aromatic heterocycles. The molecular weight excluding hydrogens is 416 g/mol. The van der Waals surface area contributed by atoms with Crippen LogP contribution in [0.3, 0.4) is 0 Å². The third kappa shape index (κ3) is 4.14. The molecule has 1 amide bonds. The molecule has 9 heteroatoms. The Morgan fingerprint density at radius 2 is 1.86 bits per heavy atom. The highest BCUT2D eigenvalue weighted by Gasteiger charge is 2.30. The lowest BCUT2D eigenvalue weighted by atomic mass is 10.2. The fourth-order valence-electron chi connectivity index (χ4n) is 3.09. The Balaban J connectivity index is 1.79. The Kier molecular flexibility index (Phi) is 5.97. The molecule has 3 rings (SSSR count). The maximum Gasteiger partial charge on any atom is 0.340 e. The van der Waals surface area contributed by atoms with Gasteiger partial charge in [-0.05, 0) is 43.2 Å². The maximum atomic E-state index is 12.8.